The van der Waals surface area contributed by atoms with Crippen LogP contribution in [0.15, 0.2) is 29.2 Å². The molecule has 2 saturated heterocycles. The van der Waals surface area contributed by atoms with E-state index in [1.807, 2.05) is 6.92 Å². The van der Waals surface area contributed by atoms with Crippen LogP contribution in [0, 0.1) is 0 Å². The molecule has 1 aliphatic carbocycles. The summed E-state index contributed by atoms with van der Waals surface area (Å²) in [7, 11) is -2.03. The Morgan fingerprint density at radius 1 is 1.09 bits per heavy atom. The van der Waals surface area contributed by atoms with E-state index < -0.39 is 15.6 Å². The van der Waals surface area contributed by atoms with E-state index in [1.54, 1.807) is 40.6 Å². The third-order valence-corrected chi connectivity index (χ3v) is 10.4. The molecule has 0 radical (unpaired) electrons. The highest BCUT2D eigenvalue weighted by Gasteiger charge is 2.59. The van der Waals surface area contributed by atoms with Gasteiger partial charge in [-0.3, -0.25) is 0 Å². The van der Waals surface area contributed by atoms with Crippen LogP contribution in [0.2, 0.25) is 5.02 Å². The molecule has 2 heterocycles. The van der Waals surface area contributed by atoms with Gasteiger partial charge in [0.05, 0.1) is 16.5 Å². The van der Waals surface area contributed by atoms with Gasteiger partial charge < -0.3 is 14.4 Å². The van der Waals surface area contributed by atoms with E-state index in [9.17, 15) is 13.2 Å². The van der Waals surface area contributed by atoms with Gasteiger partial charge in [0.2, 0.25) is 10.0 Å². The molecular weight excluding hydrogens is 476 g/mol. The van der Waals surface area contributed by atoms with Crippen molar-refractivity contribution in [1.82, 2.24) is 9.21 Å². The summed E-state index contributed by atoms with van der Waals surface area (Å²) in [5.41, 5.74) is -0.916. The van der Waals surface area contributed by atoms with Gasteiger partial charge in [0.1, 0.15) is 5.60 Å². The van der Waals surface area contributed by atoms with E-state index in [4.69, 9.17) is 21.1 Å². The molecule has 0 spiro atoms. The fourth-order valence-corrected chi connectivity index (χ4v) is 7.82. The van der Waals surface area contributed by atoms with Crippen LogP contribution in [-0.2, 0) is 19.5 Å². The topological polar surface area (TPSA) is 76.2 Å². The maximum absolute atomic E-state index is 13.8. The number of carbonyl (C=O) groups is 1. The number of carbonyl (C=O) groups excluding carboxylic acids is 1. The summed E-state index contributed by atoms with van der Waals surface area (Å²) in [5, 5.41) is 0.496. The second-order valence-electron chi connectivity index (χ2n) is 9.96. The molecule has 2 aliphatic heterocycles. The summed E-state index contributed by atoms with van der Waals surface area (Å²) in [6, 6.07) is 5.87. The number of piperidine rings is 2. The predicted molar refractivity (Wildman–Crippen MR) is 131 cm³/mol. The van der Waals surface area contributed by atoms with Gasteiger partial charge >= 0.3 is 6.09 Å². The van der Waals surface area contributed by atoms with Crippen LogP contribution >= 0.6 is 11.6 Å². The monoisotopic (exact) mass is 512 g/mol. The first-order valence-corrected chi connectivity index (χ1v) is 14.3. The van der Waals surface area contributed by atoms with Crippen LogP contribution in [0.4, 0.5) is 4.79 Å². The molecule has 0 N–H and O–H groups in total. The summed E-state index contributed by atoms with van der Waals surface area (Å²) in [4.78, 5) is 15.2. The summed E-state index contributed by atoms with van der Waals surface area (Å²) in [6.07, 6.45) is 6.66. The Balaban J connectivity index is 1.54. The molecule has 1 amide bonds. The third-order valence-electron chi connectivity index (χ3n) is 8.19. The van der Waals surface area contributed by atoms with E-state index in [0.29, 0.717) is 37.4 Å². The van der Waals surface area contributed by atoms with Crippen molar-refractivity contribution < 1.29 is 22.7 Å². The lowest BCUT2D eigenvalue weighted by atomic mass is 9.89. The average molecular weight is 513 g/mol. The molecule has 1 saturated carbocycles. The van der Waals surface area contributed by atoms with Gasteiger partial charge in [-0.1, -0.05) is 31.9 Å². The molecule has 1 aromatic carbocycles. The van der Waals surface area contributed by atoms with Gasteiger partial charge in [-0.05, 0) is 75.6 Å². The Hall–Kier alpha value is -1.35. The predicted octanol–water partition coefficient (Wildman–Crippen LogP) is 5.22. The van der Waals surface area contributed by atoms with E-state index >= 15 is 0 Å². The standard InChI is InChI=1S/C25H37ClN2O5S/c1-4-20-7-6-8-22(28(20)34(30,31)21-11-9-19(26)10-12-21)25(13-14-25)33-23(29)27-17-15-24(5-2,32-3)16-18-27/h9-12,20,22H,4-8,13-18H2,1-3H3/t20-,22-/m1/s1. The highest BCUT2D eigenvalue weighted by Crippen LogP contribution is 2.50. The van der Waals surface area contributed by atoms with Gasteiger partial charge in [0.15, 0.2) is 0 Å². The molecular formula is C25H37ClN2O5S. The molecule has 2 atom stereocenters. The Bertz CT molecular complexity index is 966. The van der Waals surface area contributed by atoms with Crippen LogP contribution in [0.25, 0.3) is 0 Å². The van der Waals surface area contributed by atoms with Crippen molar-refractivity contribution >= 4 is 27.7 Å². The summed E-state index contributed by atoms with van der Waals surface area (Å²) >= 11 is 6.00. The number of sulfonamides is 1. The second kappa shape index (κ2) is 9.96. The second-order valence-corrected chi connectivity index (χ2v) is 12.2. The fraction of sp³-hybridized carbons (Fsp3) is 0.720. The first-order valence-electron chi connectivity index (χ1n) is 12.5. The lowest BCUT2D eigenvalue weighted by molar-refractivity contribution is -0.0647. The maximum Gasteiger partial charge on any atom is 0.410 e. The van der Waals surface area contributed by atoms with Crippen LogP contribution in [0.5, 0.6) is 0 Å². The number of rotatable bonds is 7. The molecule has 7 nitrogen and oxygen atoms in total. The average Bonchev–Trinajstić information content (AvgIpc) is 3.64. The molecule has 3 aliphatic rings. The first-order chi connectivity index (χ1) is 16.2. The van der Waals surface area contributed by atoms with E-state index in [2.05, 4.69) is 6.92 Å². The number of halogens is 1. The summed E-state index contributed by atoms with van der Waals surface area (Å²) in [5.74, 6) is 0. The van der Waals surface area contributed by atoms with Crippen molar-refractivity contribution in [3.8, 4) is 0 Å². The van der Waals surface area contributed by atoms with Crippen molar-refractivity contribution in [2.75, 3.05) is 20.2 Å². The molecule has 0 aromatic heterocycles. The minimum Gasteiger partial charge on any atom is -0.441 e. The summed E-state index contributed by atoms with van der Waals surface area (Å²) < 4.78 is 41.1. The Morgan fingerprint density at radius 3 is 2.26 bits per heavy atom. The van der Waals surface area contributed by atoms with Crippen molar-refractivity contribution in [1.29, 1.82) is 0 Å². The van der Waals surface area contributed by atoms with Gasteiger partial charge in [0.25, 0.3) is 0 Å². The van der Waals surface area contributed by atoms with Crippen molar-refractivity contribution in [3.05, 3.63) is 29.3 Å². The summed E-state index contributed by atoms with van der Waals surface area (Å²) in [6.45, 7) is 5.31. The van der Waals surface area contributed by atoms with E-state index in [0.717, 1.165) is 38.5 Å². The molecule has 1 aromatic rings. The quantitative estimate of drug-likeness (QED) is 0.500. The molecule has 4 rings (SSSR count). The van der Waals surface area contributed by atoms with Crippen LogP contribution < -0.4 is 0 Å². The number of hydrogen-bond donors (Lipinski definition) is 0. The van der Waals surface area contributed by atoms with Crippen LogP contribution in [-0.4, -0.2) is 67.2 Å². The number of likely N-dealkylation sites (tertiary alicyclic amines) is 1. The van der Waals surface area contributed by atoms with Gasteiger partial charge in [-0.2, -0.15) is 4.31 Å². The number of methoxy groups -OCH3 is 1. The highest BCUT2D eigenvalue weighted by molar-refractivity contribution is 7.89. The Labute approximate surface area is 208 Å². The number of ether oxygens (including phenoxy) is 2. The van der Waals surface area contributed by atoms with Gasteiger partial charge in [0, 0.05) is 31.3 Å². The van der Waals surface area contributed by atoms with Crippen LogP contribution in [0.3, 0.4) is 0 Å². The molecule has 9 heteroatoms. The molecule has 3 fully saturated rings. The van der Waals surface area contributed by atoms with Crippen molar-refractivity contribution in [2.24, 2.45) is 0 Å². The SMILES string of the molecule is CC[C@@H]1CCC[C@H](C2(OC(=O)N3CCC(CC)(OC)CC3)CC2)N1S(=O)(=O)c1ccc(Cl)cc1. The van der Waals surface area contributed by atoms with Crippen molar-refractivity contribution in [3.63, 3.8) is 0 Å². The first kappa shape index (κ1) is 25.7. The number of amides is 1. The minimum absolute atomic E-state index is 0.113. The zero-order valence-corrected chi connectivity index (χ0v) is 22.0. The molecule has 34 heavy (non-hydrogen) atoms. The molecule has 0 unspecified atom stereocenters. The zero-order valence-electron chi connectivity index (χ0n) is 20.5. The number of hydrogen-bond acceptors (Lipinski definition) is 5. The van der Waals surface area contributed by atoms with Crippen molar-refractivity contribution in [2.45, 2.75) is 99.8 Å². The normalized spacial score (nSPS) is 26.8. The lowest BCUT2D eigenvalue weighted by Gasteiger charge is -2.45. The maximum atomic E-state index is 13.8. The Morgan fingerprint density at radius 2 is 1.74 bits per heavy atom. The largest absolute Gasteiger partial charge is 0.441 e. The van der Waals surface area contributed by atoms with E-state index in [1.165, 1.54) is 0 Å². The Kier molecular flexibility index (Phi) is 7.54. The lowest BCUT2D eigenvalue weighted by Crippen LogP contribution is -2.57. The fourth-order valence-electron chi connectivity index (χ4n) is 5.69. The molecule has 0 bridgehead atoms. The van der Waals surface area contributed by atoms with Crippen LogP contribution in [0.1, 0.15) is 71.6 Å². The number of benzene rings is 1. The smallest absolute Gasteiger partial charge is 0.410 e. The van der Waals surface area contributed by atoms with Gasteiger partial charge in [-0.15, -0.1) is 0 Å². The number of nitrogens with zero attached hydrogens (tertiary/aromatic N) is 2. The van der Waals surface area contributed by atoms with E-state index in [-0.39, 0.29) is 28.7 Å². The third kappa shape index (κ3) is 4.84. The highest BCUT2D eigenvalue weighted by atomic mass is 35.5. The molecule has 190 valence electrons. The zero-order chi connectivity index (χ0) is 24.6. The van der Waals surface area contributed by atoms with Gasteiger partial charge in [-0.25, -0.2) is 13.2 Å². The minimum atomic E-state index is -3.76.